The molecule has 0 aromatic carbocycles. The average Bonchev–Trinajstić information content (AvgIpc) is 2.39. The number of pyridine rings is 1. The minimum absolute atomic E-state index is 0.376. The fourth-order valence-electron chi connectivity index (χ4n) is 2.34. The predicted octanol–water partition coefficient (Wildman–Crippen LogP) is 1.68. The van der Waals surface area contributed by atoms with E-state index in [1.165, 1.54) is 31.6 Å². The van der Waals surface area contributed by atoms with E-state index in [0.717, 1.165) is 19.5 Å². The molecule has 0 atom stereocenters. The van der Waals surface area contributed by atoms with E-state index in [1.54, 1.807) is 0 Å². The summed E-state index contributed by atoms with van der Waals surface area (Å²) < 4.78 is 0. The SMILES string of the molecule is CC1(CN)CCN(CCc2ccccn2)CC1. The monoisotopic (exact) mass is 233 g/mol. The van der Waals surface area contributed by atoms with Crippen molar-refractivity contribution in [2.75, 3.05) is 26.2 Å². The second kappa shape index (κ2) is 5.61. The molecule has 2 N–H and O–H groups in total. The molecule has 1 aromatic rings. The van der Waals surface area contributed by atoms with Crippen LogP contribution in [0.25, 0.3) is 0 Å². The summed E-state index contributed by atoms with van der Waals surface area (Å²) in [4.78, 5) is 6.90. The van der Waals surface area contributed by atoms with E-state index in [2.05, 4.69) is 28.9 Å². The molecule has 17 heavy (non-hydrogen) atoms. The molecule has 3 heteroatoms. The zero-order valence-corrected chi connectivity index (χ0v) is 10.7. The topological polar surface area (TPSA) is 42.1 Å². The van der Waals surface area contributed by atoms with E-state index < -0.39 is 0 Å². The molecule has 1 aliphatic rings. The molecule has 1 aliphatic heterocycles. The molecule has 2 rings (SSSR count). The van der Waals surface area contributed by atoms with E-state index in [1.807, 2.05) is 12.3 Å². The lowest BCUT2D eigenvalue weighted by molar-refractivity contribution is 0.125. The number of piperidine rings is 1. The van der Waals surface area contributed by atoms with Crippen LogP contribution < -0.4 is 5.73 Å². The van der Waals surface area contributed by atoms with Gasteiger partial charge in [-0.15, -0.1) is 0 Å². The molecule has 3 nitrogen and oxygen atoms in total. The molecular formula is C14H23N3. The highest BCUT2D eigenvalue weighted by Gasteiger charge is 2.28. The van der Waals surface area contributed by atoms with Crippen molar-refractivity contribution in [1.29, 1.82) is 0 Å². The van der Waals surface area contributed by atoms with Gasteiger partial charge < -0.3 is 10.6 Å². The van der Waals surface area contributed by atoms with Gasteiger partial charge in [0.2, 0.25) is 0 Å². The number of nitrogens with two attached hydrogens (primary N) is 1. The van der Waals surface area contributed by atoms with Crippen LogP contribution in [-0.4, -0.2) is 36.1 Å². The molecule has 0 aliphatic carbocycles. The summed E-state index contributed by atoms with van der Waals surface area (Å²) in [5.41, 5.74) is 7.39. The lowest BCUT2D eigenvalue weighted by Gasteiger charge is -2.38. The third-order valence-corrected chi connectivity index (χ3v) is 3.97. The van der Waals surface area contributed by atoms with Gasteiger partial charge in [0.05, 0.1) is 0 Å². The first-order valence-corrected chi connectivity index (χ1v) is 6.54. The fraction of sp³-hybridized carbons (Fsp3) is 0.643. The Morgan fingerprint density at radius 3 is 2.71 bits per heavy atom. The summed E-state index contributed by atoms with van der Waals surface area (Å²) in [6.45, 7) is 6.61. The van der Waals surface area contributed by atoms with Crippen molar-refractivity contribution in [3.8, 4) is 0 Å². The van der Waals surface area contributed by atoms with Gasteiger partial charge in [-0.25, -0.2) is 0 Å². The molecular weight excluding hydrogens is 210 g/mol. The number of aromatic nitrogens is 1. The normalized spacial score (nSPS) is 20.4. The van der Waals surface area contributed by atoms with Crippen LogP contribution in [0.15, 0.2) is 24.4 Å². The maximum atomic E-state index is 5.82. The molecule has 1 fully saturated rings. The van der Waals surface area contributed by atoms with Crippen LogP contribution in [-0.2, 0) is 6.42 Å². The number of hydrogen-bond donors (Lipinski definition) is 1. The Morgan fingerprint density at radius 2 is 2.12 bits per heavy atom. The standard InChI is InChI=1S/C14H23N3/c1-14(12-15)6-10-17(11-7-14)9-5-13-4-2-3-8-16-13/h2-4,8H,5-7,9-12,15H2,1H3. The van der Waals surface area contributed by atoms with Gasteiger partial charge in [-0.2, -0.15) is 0 Å². The van der Waals surface area contributed by atoms with E-state index in [9.17, 15) is 0 Å². The Morgan fingerprint density at radius 1 is 1.35 bits per heavy atom. The van der Waals surface area contributed by atoms with Crippen LogP contribution in [0.4, 0.5) is 0 Å². The number of rotatable bonds is 4. The minimum atomic E-state index is 0.376. The van der Waals surface area contributed by atoms with Crippen LogP contribution >= 0.6 is 0 Å². The highest BCUT2D eigenvalue weighted by atomic mass is 15.1. The van der Waals surface area contributed by atoms with Crippen molar-refractivity contribution in [3.05, 3.63) is 30.1 Å². The molecule has 1 saturated heterocycles. The van der Waals surface area contributed by atoms with Gasteiger partial charge in [0, 0.05) is 24.9 Å². The van der Waals surface area contributed by atoms with Crippen molar-refractivity contribution in [2.24, 2.45) is 11.1 Å². The molecule has 0 radical (unpaired) electrons. The highest BCUT2D eigenvalue weighted by Crippen LogP contribution is 2.29. The first-order chi connectivity index (χ1) is 8.22. The number of likely N-dealkylation sites (tertiary alicyclic amines) is 1. The second-order valence-electron chi connectivity index (χ2n) is 5.43. The molecule has 0 saturated carbocycles. The first kappa shape index (κ1) is 12.5. The Kier molecular flexibility index (Phi) is 4.13. The van der Waals surface area contributed by atoms with Crippen molar-refractivity contribution in [2.45, 2.75) is 26.2 Å². The number of nitrogens with zero attached hydrogens (tertiary/aromatic N) is 2. The lowest BCUT2D eigenvalue weighted by Crippen LogP contribution is -2.42. The van der Waals surface area contributed by atoms with Gasteiger partial charge in [-0.1, -0.05) is 13.0 Å². The summed E-state index contributed by atoms with van der Waals surface area (Å²) in [6, 6.07) is 6.13. The largest absolute Gasteiger partial charge is 0.330 e. The van der Waals surface area contributed by atoms with E-state index in [4.69, 9.17) is 5.73 Å². The Hall–Kier alpha value is -0.930. The maximum absolute atomic E-state index is 5.82. The van der Waals surface area contributed by atoms with E-state index in [0.29, 0.717) is 5.41 Å². The van der Waals surface area contributed by atoms with Gasteiger partial charge in [-0.05, 0) is 50.0 Å². The lowest BCUT2D eigenvalue weighted by atomic mass is 9.80. The molecule has 2 heterocycles. The Labute approximate surface area is 104 Å². The highest BCUT2D eigenvalue weighted by molar-refractivity contribution is 5.03. The van der Waals surface area contributed by atoms with Gasteiger partial charge in [-0.3, -0.25) is 4.98 Å². The van der Waals surface area contributed by atoms with Gasteiger partial charge in [0.15, 0.2) is 0 Å². The minimum Gasteiger partial charge on any atom is -0.330 e. The molecule has 0 unspecified atom stereocenters. The van der Waals surface area contributed by atoms with Gasteiger partial charge in [0.1, 0.15) is 0 Å². The van der Waals surface area contributed by atoms with Crippen LogP contribution in [0, 0.1) is 5.41 Å². The summed E-state index contributed by atoms with van der Waals surface area (Å²) in [6.07, 6.45) is 5.38. The van der Waals surface area contributed by atoms with Crippen LogP contribution in [0.3, 0.4) is 0 Å². The second-order valence-corrected chi connectivity index (χ2v) is 5.43. The summed E-state index contributed by atoms with van der Waals surface area (Å²) in [5, 5.41) is 0. The average molecular weight is 233 g/mol. The summed E-state index contributed by atoms with van der Waals surface area (Å²) in [5.74, 6) is 0. The summed E-state index contributed by atoms with van der Waals surface area (Å²) in [7, 11) is 0. The van der Waals surface area contributed by atoms with Crippen LogP contribution in [0.1, 0.15) is 25.5 Å². The maximum Gasteiger partial charge on any atom is 0.0416 e. The molecule has 94 valence electrons. The molecule has 0 amide bonds. The van der Waals surface area contributed by atoms with Crippen LogP contribution in [0.5, 0.6) is 0 Å². The zero-order valence-electron chi connectivity index (χ0n) is 10.7. The smallest absolute Gasteiger partial charge is 0.0416 e. The van der Waals surface area contributed by atoms with Gasteiger partial charge >= 0.3 is 0 Å². The van der Waals surface area contributed by atoms with Crippen molar-refractivity contribution >= 4 is 0 Å². The number of hydrogen-bond acceptors (Lipinski definition) is 3. The van der Waals surface area contributed by atoms with Crippen LogP contribution in [0.2, 0.25) is 0 Å². The first-order valence-electron chi connectivity index (χ1n) is 6.54. The van der Waals surface area contributed by atoms with Crippen molar-refractivity contribution in [3.63, 3.8) is 0 Å². The van der Waals surface area contributed by atoms with Crippen molar-refractivity contribution in [1.82, 2.24) is 9.88 Å². The van der Waals surface area contributed by atoms with E-state index >= 15 is 0 Å². The molecule has 1 aromatic heterocycles. The quantitative estimate of drug-likeness (QED) is 0.860. The Balaban J connectivity index is 1.75. The summed E-state index contributed by atoms with van der Waals surface area (Å²) >= 11 is 0. The molecule has 0 spiro atoms. The third kappa shape index (κ3) is 3.51. The Bertz CT molecular complexity index is 329. The van der Waals surface area contributed by atoms with Gasteiger partial charge in [0.25, 0.3) is 0 Å². The predicted molar refractivity (Wildman–Crippen MR) is 70.8 cm³/mol. The van der Waals surface area contributed by atoms with E-state index in [-0.39, 0.29) is 0 Å². The molecule has 0 bridgehead atoms. The zero-order chi connectivity index (χ0) is 12.1. The third-order valence-electron chi connectivity index (χ3n) is 3.97. The van der Waals surface area contributed by atoms with Crippen molar-refractivity contribution < 1.29 is 0 Å². The fourth-order valence-corrected chi connectivity index (χ4v) is 2.34.